The molecule has 1 saturated heterocycles. The molecule has 1 amide bonds. The second kappa shape index (κ2) is 6.52. The molecule has 0 bridgehead atoms. The lowest BCUT2D eigenvalue weighted by atomic mass is 10.2. The Morgan fingerprint density at radius 1 is 1.46 bits per heavy atom. The maximum absolute atomic E-state index is 12.4. The molecule has 0 radical (unpaired) electrons. The molecule has 3 N–H and O–H groups in total. The van der Waals surface area contributed by atoms with E-state index in [1.165, 1.54) is 0 Å². The highest BCUT2D eigenvalue weighted by Gasteiger charge is 2.31. The number of likely N-dealkylation sites (tertiary alicyclic amines) is 1. The summed E-state index contributed by atoms with van der Waals surface area (Å²) in [6.07, 6.45) is 2.22. The van der Waals surface area contributed by atoms with Crippen LogP contribution in [0.1, 0.15) is 43.1 Å². The number of carbonyl (C=O) groups excluding carboxylic acids is 1. The predicted molar refractivity (Wildman–Crippen MR) is 91.7 cm³/mol. The number of H-pyrrole nitrogens is 1. The fraction of sp³-hybridized carbons (Fsp3) is 0.500. The quantitative estimate of drug-likeness (QED) is 0.853. The van der Waals surface area contributed by atoms with E-state index >= 15 is 0 Å². The summed E-state index contributed by atoms with van der Waals surface area (Å²) in [6, 6.07) is 5.95. The summed E-state index contributed by atoms with van der Waals surface area (Å²) in [5.41, 5.74) is 3.02. The van der Waals surface area contributed by atoms with Crippen molar-refractivity contribution in [2.24, 2.45) is 5.14 Å². The first-order chi connectivity index (χ1) is 11.3. The van der Waals surface area contributed by atoms with E-state index in [0.717, 1.165) is 35.3 Å². The number of hydrogen-bond acceptors (Lipinski definition) is 4. The van der Waals surface area contributed by atoms with Crippen molar-refractivity contribution >= 4 is 27.0 Å². The van der Waals surface area contributed by atoms with Crippen LogP contribution in [0.3, 0.4) is 0 Å². The molecule has 130 valence electrons. The lowest BCUT2D eigenvalue weighted by Crippen LogP contribution is -2.31. The van der Waals surface area contributed by atoms with E-state index in [1.807, 2.05) is 25.1 Å². The van der Waals surface area contributed by atoms with E-state index in [1.54, 1.807) is 4.90 Å². The normalized spacial score (nSPS) is 18.4. The summed E-state index contributed by atoms with van der Waals surface area (Å²) in [6.45, 7) is 2.70. The fourth-order valence-electron chi connectivity index (χ4n) is 3.22. The van der Waals surface area contributed by atoms with Gasteiger partial charge in [0.05, 0.1) is 22.8 Å². The molecule has 1 aliphatic heterocycles. The van der Waals surface area contributed by atoms with Crippen LogP contribution in [0.2, 0.25) is 0 Å². The Hall–Kier alpha value is -1.93. The van der Waals surface area contributed by atoms with Gasteiger partial charge in [-0.3, -0.25) is 4.79 Å². The zero-order valence-electron chi connectivity index (χ0n) is 13.7. The molecule has 2 aromatic rings. The van der Waals surface area contributed by atoms with E-state index in [2.05, 4.69) is 9.97 Å². The molecule has 0 spiro atoms. The highest BCUT2D eigenvalue weighted by atomic mass is 32.2. The number of carbonyl (C=O) groups is 1. The van der Waals surface area contributed by atoms with Crippen LogP contribution in [-0.4, -0.2) is 41.5 Å². The first kappa shape index (κ1) is 16.9. The van der Waals surface area contributed by atoms with Gasteiger partial charge in [-0.25, -0.2) is 18.5 Å². The number of nitrogens with two attached hydrogens (primary N) is 1. The van der Waals surface area contributed by atoms with Gasteiger partial charge >= 0.3 is 0 Å². The molecule has 3 rings (SSSR count). The summed E-state index contributed by atoms with van der Waals surface area (Å²) in [7, 11) is -3.52. The summed E-state index contributed by atoms with van der Waals surface area (Å²) in [4.78, 5) is 22.2. The Morgan fingerprint density at radius 2 is 2.25 bits per heavy atom. The molecule has 1 aromatic carbocycles. The van der Waals surface area contributed by atoms with Crippen molar-refractivity contribution in [3.8, 4) is 0 Å². The van der Waals surface area contributed by atoms with Crippen LogP contribution < -0.4 is 5.14 Å². The minimum atomic E-state index is -3.52. The average Bonchev–Trinajstić information content (AvgIpc) is 3.11. The molecular weight excluding hydrogens is 328 g/mol. The van der Waals surface area contributed by atoms with Crippen LogP contribution in [0.25, 0.3) is 11.0 Å². The molecule has 8 heteroatoms. The molecule has 1 aromatic heterocycles. The average molecular weight is 350 g/mol. The zero-order valence-corrected chi connectivity index (χ0v) is 14.5. The molecule has 2 heterocycles. The number of rotatable bonds is 5. The van der Waals surface area contributed by atoms with Gasteiger partial charge < -0.3 is 9.88 Å². The van der Waals surface area contributed by atoms with Gasteiger partial charge in [0.15, 0.2) is 0 Å². The van der Waals surface area contributed by atoms with Gasteiger partial charge in [0.25, 0.3) is 0 Å². The van der Waals surface area contributed by atoms with Gasteiger partial charge in [-0.1, -0.05) is 6.07 Å². The molecule has 1 aliphatic rings. The van der Waals surface area contributed by atoms with Crippen LogP contribution in [0.5, 0.6) is 0 Å². The third-order valence-corrected chi connectivity index (χ3v) is 5.22. The monoisotopic (exact) mass is 350 g/mol. The number of imidazole rings is 1. The third-order valence-electron chi connectivity index (χ3n) is 4.36. The number of benzene rings is 1. The largest absolute Gasteiger partial charge is 0.340 e. The van der Waals surface area contributed by atoms with Crippen molar-refractivity contribution in [3.05, 3.63) is 29.6 Å². The number of nitrogens with zero attached hydrogens (tertiary/aromatic N) is 2. The first-order valence-corrected chi connectivity index (χ1v) is 9.81. The van der Waals surface area contributed by atoms with Crippen LogP contribution >= 0.6 is 0 Å². The number of aryl methyl sites for hydroxylation is 1. The van der Waals surface area contributed by atoms with Gasteiger partial charge in [0.2, 0.25) is 15.9 Å². The highest BCUT2D eigenvalue weighted by Crippen LogP contribution is 2.32. The number of aromatic amines is 1. The first-order valence-electron chi connectivity index (χ1n) is 8.10. The van der Waals surface area contributed by atoms with Gasteiger partial charge in [0, 0.05) is 13.0 Å². The molecule has 7 nitrogen and oxygen atoms in total. The van der Waals surface area contributed by atoms with Crippen molar-refractivity contribution in [1.82, 2.24) is 14.9 Å². The predicted octanol–water partition coefficient (Wildman–Crippen LogP) is 1.60. The summed E-state index contributed by atoms with van der Waals surface area (Å²) >= 11 is 0. The number of primary sulfonamides is 1. The standard InChI is InChI=1S/C16H22N4O3S/c1-11-6-7-12-13(10-11)19-16(18-12)14-4-2-8-20(14)15(21)5-3-9-24(17,22)23/h6-7,10,14H,2-5,8-9H2,1H3,(H,18,19)(H2,17,22,23)/t14-/m0/s1. The van der Waals surface area contributed by atoms with E-state index < -0.39 is 10.0 Å². The maximum Gasteiger partial charge on any atom is 0.223 e. The molecule has 0 unspecified atom stereocenters. The number of amides is 1. The number of aromatic nitrogens is 2. The van der Waals surface area contributed by atoms with Crippen LogP contribution in [0.15, 0.2) is 18.2 Å². The lowest BCUT2D eigenvalue weighted by molar-refractivity contribution is -0.132. The smallest absolute Gasteiger partial charge is 0.223 e. The van der Waals surface area contributed by atoms with E-state index in [0.29, 0.717) is 6.54 Å². The van der Waals surface area contributed by atoms with Crippen LogP contribution in [0.4, 0.5) is 0 Å². The second-order valence-corrected chi connectivity index (χ2v) is 8.09. The Balaban J connectivity index is 1.73. The van der Waals surface area contributed by atoms with Crippen LogP contribution in [-0.2, 0) is 14.8 Å². The van der Waals surface area contributed by atoms with Gasteiger partial charge in [-0.2, -0.15) is 0 Å². The number of hydrogen-bond donors (Lipinski definition) is 2. The van der Waals surface area contributed by atoms with Crippen LogP contribution in [0, 0.1) is 6.92 Å². The second-order valence-electron chi connectivity index (χ2n) is 6.36. The van der Waals surface area contributed by atoms with Crippen molar-refractivity contribution in [3.63, 3.8) is 0 Å². The third kappa shape index (κ3) is 3.76. The molecule has 1 atom stereocenters. The van der Waals surface area contributed by atoms with Crippen molar-refractivity contribution in [1.29, 1.82) is 0 Å². The summed E-state index contributed by atoms with van der Waals surface area (Å²) < 4.78 is 22.0. The number of nitrogens with one attached hydrogen (secondary N) is 1. The van der Waals surface area contributed by atoms with Gasteiger partial charge in [-0.05, 0) is 43.9 Å². The molecule has 24 heavy (non-hydrogen) atoms. The topological polar surface area (TPSA) is 109 Å². The minimum absolute atomic E-state index is 0.0437. The number of fused-ring (bicyclic) bond motifs is 1. The number of sulfonamides is 1. The van der Waals surface area contributed by atoms with E-state index in [9.17, 15) is 13.2 Å². The summed E-state index contributed by atoms with van der Waals surface area (Å²) in [5.74, 6) is 0.590. The van der Waals surface area contributed by atoms with Crippen molar-refractivity contribution in [2.45, 2.75) is 38.6 Å². The minimum Gasteiger partial charge on any atom is -0.340 e. The van der Waals surface area contributed by atoms with Gasteiger partial charge in [0.1, 0.15) is 5.82 Å². The maximum atomic E-state index is 12.4. The Labute approximate surface area is 141 Å². The lowest BCUT2D eigenvalue weighted by Gasteiger charge is -2.23. The SMILES string of the molecule is Cc1ccc2nc([C@@H]3CCCN3C(=O)CCCS(N)(=O)=O)[nH]c2c1. The van der Waals surface area contributed by atoms with Crippen molar-refractivity contribution < 1.29 is 13.2 Å². The Kier molecular flexibility index (Phi) is 4.60. The fourth-order valence-corrected chi connectivity index (χ4v) is 3.77. The molecular formula is C16H22N4O3S. The Bertz CT molecular complexity index is 859. The molecule has 1 fully saturated rings. The molecule has 0 saturated carbocycles. The Morgan fingerprint density at radius 3 is 3.00 bits per heavy atom. The molecule has 0 aliphatic carbocycles. The van der Waals surface area contributed by atoms with E-state index in [4.69, 9.17) is 5.14 Å². The zero-order chi connectivity index (χ0) is 17.3. The van der Waals surface area contributed by atoms with Gasteiger partial charge in [-0.15, -0.1) is 0 Å². The van der Waals surface area contributed by atoms with E-state index in [-0.39, 0.29) is 30.5 Å². The van der Waals surface area contributed by atoms with Crippen molar-refractivity contribution in [2.75, 3.05) is 12.3 Å². The highest BCUT2D eigenvalue weighted by molar-refractivity contribution is 7.89. The summed E-state index contributed by atoms with van der Waals surface area (Å²) in [5, 5.41) is 4.98.